The first-order valence-corrected chi connectivity index (χ1v) is 11.4. The number of carbonyl (C=O) groups excluding carboxylic acids is 4. The standard InChI is InChI=1S/C27H18ClN3O5/c1-15(24(32)30-21-9-4-14-29-23(21)28)36-27(35)17-10-12-18(13-11-17)31-25(33)19-7-2-5-16-6-3-8-20(22(16)19)26(31)34/h2-15H,1H3,(H,30,32). The number of anilines is 2. The lowest BCUT2D eigenvalue weighted by Gasteiger charge is -2.27. The van der Waals surface area contributed by atoms with Gasteiger partial charge in [0.05, 0.1) is 16.9 Å². The van der Waals surface area contributed by atoms with E-state index in [0.717, 1.165) is 10.3 Å². The highest BCUT2D eigenvalue weighted by molar-refractivity contribution is 6.35. The number of esters is 1. The number of amides is 3. The largest absolute Gasteiger partial charge is 0.449 e. The molecular weight excluding hydrogens is 482 g/mol. The minimum atomic E-state index is -1.12. The Hall–Kier alpha value is -4.56. The zero-order valence-corrected chi connectivity index (χ0v) is 19.7. The van der Waals surface area contributed by atoms with Crippen LogP contribution in [0, 0.1) is 0 Å². The maximum absolute atomic E-state index is 13.2. The van der Waals surface area contributed by atoms with E-state index in [2.05, 4.69) is 10.3 Å². The molecule has 1 unspecified atom stereocenters. The average molecular weight is 500 g/mol. The van der Waals surface area contributed by atoms with Crippen molar-refractivity contribution in [2.45, 2.75) is 13.0 Å². The van der Waals surface area contributed by atoms with Gasteiger partial charge in [-0.2, -0.15) is 0 Å². The second kappa shape index (κ2) is 9.24. The van der Waals surface area contributed by atoms with E-state index in [-0.39, 0.29) is 10.7 Å². The van der Waals surface area contributed by atoms with Gasteiger partial charge in [-0.25, -0.2) is 14.7 Å². The fourth-order valence-corrected chi connectivity index (χ4v) is 4.17. The molecule has 0 bridgehead atoms. The molecule has 1 N–H and O–H groups in total. The Bertz CT molecular complexity index is 1500. The van der Waals surface area contributed by atoms with Crippen LogP contribution in [0.3, 0.4) is 0 Å². The number of halogens is 1. The van der Waals surface area contributed by atoms with Crippen molar-refractivity contribution in [1.82, 2.24) is 4.98 Å². The number of hydrogen-bond acceptors (Lipinski definition) is 6. The SMILES string of the molecule is CC(OC(=O)c1ccc(N2C(=O)c3cccc4cccc(c34)C2=O)cc1)C(=O)Nc1cccnc1Cl. The molecule has 0 fully saturated rings. The summed E-state index contributed by atoms with van der Waals surface area (Å²) in [7, 11) is 0. The highest BCUT2D eigenvalue weighted by Gasteiger charge is 2.34. The van der Waals surface area contributed by atoms with Gasteiger partial charge in [0.1, 0.15) is 0 Å². The van der Waals surface area contributed by atoms with Crippen LogP contribution in [-0.2, 0) is 9.53 Å². The molecule has 3 amide bonds. The molecule has 0 radical (unpaired) electrons. The normalized spacial score (nSPS) is 13.4. The summed E-state index contributed by atoms with van der Waals surface area (Å²) in [6.07, 6.45) is 0.366. The fourth-order valence-electron chi connectivity index (χ4n) is 4.01. The number of pyridine rings is 1. The molecule has 1 aliphatic heterocycles. The summed E-state index contributed by atoms with van der Waals surface area (Å²) in [4.78, 5) is 56.3. The van der Waals surface area contributed by atoms with Crippen molar-refractivity contribution in [2.24, 2.45) is 0 Å². The molecule has 0 spiro atoms. The summed E-state index contributed by atoms with van der Waals surface area (Å²) >= 11 is 5.94. The summed E-state index contributed by atoms with van der Waals surface area (Å²) in [6, 6.07) is 19.6. The van der Waals surface area contributed by atoms with Crippen LogP contribution in [0.2, 0.25) is 5.15 Å². The quantitative estimate of drug-likeness (QED) is 0.238. The number of rotatable bonds is 5. The average Bonchev–Trinajstić information content (AvgIpc) is 2.89. The molecule has 1 aliphatic rings. The van der Waals surface area contributed by atoms with Crippen LogP contribution >= 0.6 is 11.6 Å². The molecule has 9 heteroatoms. The minimum absolute atomic E-state index is 0.112. The number of aromatic nitrogens is 1. The second-order valence-corrected chi connectivity index (χ2v) is 8.44. The topological polar surface area (TPSA) is 106 Å². The Morgan fingerprint density at radius 1 is 0.917 bits per heavy atom. The minimum Gasteiger partial charge on any atom is -0.449 e. The number of carbonyl (C=O) groups is 4. The van der Waals surface area contributed by atoms with Crippen molar-refractivity contribution >= 4 is 57.4 Å². The summed E-state index contributed by atoms with van der Waals surface area (Å²) in [5.41, 5.74) is 1.62. The van der Waals surface area contributed by atoms with Gasteiger partial charge in [-0.3, -0.25) is 14.4 Å². The van der Waals surface area contributed by atoms with E-state index in [1.165, 1.54) is 37.4 Å². The Labute approximate surface area is 210 Å². The van der Waals surface area contributed by atoms with E-state index >= 15 is 0 Å². The van der Waals surface area contributed by atoms with Gasteiger partial charge >= 0.3 is 5.97 Å². The Morgan fingerprint density at radius 2 is 1.56 bits per heavy atom. The molecule has 36 heavy (non-hydrogen) atoms. The van der Waals surface area contributed by atoms with Gasteiger partial charge < -0.3 is 10.1 Å². The van der Waals surface area contributed by atoms with Crippen LogP contribution in [0.5, 0.6) is 0 Å². The molecule has 0 saturated carbocycles. The summed E-state index contributed by atoms with van der Waals surface area (Å²) < 4.78 is 5.26. The monoisotopic (exact) mass is 499 g/mol. The Morgan fingerprint density at radius 3 is 2.17 bits per heavy atom. The number of hydrogen-bond donors (Lipinski definition) is 1. The van der Waals surface area contributed by atoms with Crippen molar-refractivity contribution in [2.75, 3.05) is 10.2 Å². The third-order valence-corrected chi connectivity index (χ3v) is 6.10. The van der Waals surface area contributed by atoms with Crippen LogP contribution in [0.25, 0.3) is 10.8 Å². The first-order chi connectivity index (χ1) is 17.3. The van der Waals surface area contributed by atoms with Crippen molar-refractivity contribution < 1.29 is 23.9 Å². The highest BCUT2D eigenvalue weighted by atomic mass is 35.5. The molecule has 1 atom stereocenters. The summed E-state index contributed by atoms with van der Waals surface area (Å²) in [6.45, 7) is 1.43. The molecule has 4 aromatic rings. The fraction of sp³-hybridized carbons (Fsp3) is 0.0741. The lowest BCUT2D eigenvalue weighted by molar-refractivity contribution is -0.123. The van der Waals surface area contributed by atoms with Crippen LogP contribution in [0.15, 0.2) is 79.0 Å². The molecule has 8 nitrogen and oxygen atoms in total. The van der Waals surface area contributed by atoms with E-state index in [4.69, 9.17) is 16.3 Å². The predicted octanol–water partition coefficient (Wildman–Crippen LogP) is 4.87. The van der Waals surface area contributed by atoms with Crippen LogP contribution in [0.1, 0.15) is 38.0 Å². The first kappa shape index (κ1) is 23.2. The van der Waals surface area contributed by atoms with Crippen LogP contribution in [-0.4, -0.2) is 34.8 Å². The molecule has 3 aromatic carbocycles. The van der Waals surface area contributed by atoms with Crippen LogP contribution in [0.4, 0.5) is 11.4 Å². The van der Waals surface area contributed by atoms with E-state index in [0.29, 0.717) is 27.9 Å². The third-order valence-electron chi connectivity index (χ3n) is 5.80. The summed E-state index contributed by atoms with van der Waals surface area (Å²) in [5, 5.41) is 4.11. The number of nitrogens with zero attached hydrogens (tertiary/aromatic N) is 2. The first-order valence-electron chi connectivity index (χ1n) is 11.0. The zero-order valence-electron chi connectivity index (χ0n) is 18.9. The highest BCUT2D eigenvalue weighted by Crippen LogP contribution is 2.32. The van der Waals surface area contributed by atoms with Crippen molar-refractivity contribution in [3.8, 4) is 0 Å². The molecule has 0 saturated heterocycles. The molecular formula is C27H18ClN3O5. The summed E-state index contributed by atoms with van der Waals surface area (Å²) in [5.74, 6) is -2.21. The number of benzene rings is 3. The lowest BCUT2D eigenvalue weighted by Crippen LogP contribution is -2.40. The van der Waals surface area contributed by atoms with E-state index in [1.54, 1.807) is 36.4 Å². The van der Waals surface area contributed by atoms with Gasteiger partial charge in [0.25, 0.3) is 17.7 Å². The third kappa shape index (κ3) is 4.08. The number of ether oxygens (including phenoxy) is 1. The smallest absolute Gasteiger partial charge is 0.338 e. The van der Waals surface area contributed by atoms with Gasteiger partial charge in [0.2, 0.25) is 0 Å². The van der Waals surface area contributed by atoms with Gasteiger partial charge in [-0.15, -0.1) is 0 Å². The predicted molar refractivity (Wildman–Crippen MR) is 134 cm³/mol. The van der Waals surface area contributed by atoms with Gasteiger partial charge in [0.15, 0.2) is 11.3 Å². The van der Waals surface area contributed by atoms with Crippen LogP contribution < -0.4 is 10.2 Å². The molecule has 2 heterocycles. The van der Waals surface area contributed by atoms with E-state index in [1.807, 2.05) is 12.1 Å². The molecule has 1 aromatic heterocycles. The van der Waals surface area contributed by atoms with Crippen molar-refractivity contribution in [3.05, 3.63) is 101 Å². The maximum atomic E-state index is 13.2. The zero-order chi connectivity index (χ0) is 25.4. The van der Waals surface area contributed by atoms with Crippen molar-refractivity contribution in [1.29, 1.82) is 0 Å². The Balaban J connectivity index is 1.32. The van der Waals surface area contributed by atoms with E-state index < -0.39 is 29.8 Å². The van der Waals surface area contributed by atoms with Gasteiger partial charge in [0, 0.05) is 22.7 Å². The van der Waals surface area contributed by atoms with Gasteiger partial charge in [-0.1, -0.05) is 35.9 Å². The molecule has 178 valence electrons. The number of imide groups is 1. The second-order valence-electron chi connectivity index (χ2n) is 8.08. The Kier molecular flexibility index (Phi) is 5.95. The molecule has 0 aliphatic carbocycles. The number of nitrogens with one attached hydrogen (secondary N) is 1. The maximum Gasteiger partial charge on any atom is 0.338 e. The van der Waals surface area contributed by atoms with Crippen molar-refractivity contribution in [3.63, 3.8) is 0 Å². The lowest BCUT2D eigenvalue weighted by atomic mass is 9.94. The van der Waals surface area contributed by atoms with E-state index in [9.17, 15) is 19.2 Å². The molecule has 5 rings (SSSR count). The van der Waals surface area contributed by atoms with Gasteiger partial charge in [-0.05, 0) is 60.8 Å².